The second-order valence-corrected chi connectivity index (χ2v) is 4.99. The van der Waals surface area contributed by atoms with E-state index in [2.05, 4.69) is 0 Å². The zero-order valence-corrected chi connectivity index (χ0v) is 13.0. The van der Waals surface area contributed by atoms with Gasteiger partial charge in [0.05, 0.1) is 0 Å². The number of carbonyl (C=O) groups is 2. The molecule has 0 heterocycles. The predicted octanol–water partition coefficient (Wildman–Crippen LogP) is 2.72. The van der Waals surface area contributed by atoms with Gasteiger partial charge in [-0.1, -0.05) is 19.1 Å². The van der Waals surface area contributed by atoms with Crippen LogP contribution in [0.3, 0.4) is 0 Å². The van der Waals surface area contributed by atoms with Gasteiger partial charge in [0.25, 0.3) is 5.91 Å². The summed E-state index contributed by atoms with van der Waals surface area (Å²) >= 11 is 0. The third-order valence-electron chi connectivity index (χ3n) is 3.18. The maximum Gasteiger partial charge on any atom is 0.255 e. The van der Waals surface area contributed by atoms with E-state index >= 15 is 0 Å². The summed E-state index contributed by atoms with van der Waals surface area (Å²) in [5.41, 5.74) is 6.63. The number of ketones is 1. The van der Waals surface area contributed by atoms with Crippen LogP contribution in [0.15, 0.2) is 48.5 Å². The molecule has 2 aromatic carbocycles. The van der Waals surface area contributed by atoms with E-state index in [1.165, 1.54) is 0 Å². The van der Waals surface area contributed by atoms with Gasteiger partial charge in [-0.25, -0.2) is 0 Å². The zero-order chi connectivity index (χ0) is 16.7. The first-order chi connectivity index (χ1) is 11.1. The Balaban J connectivity index is 1.94. The third-order valence-corrected chi connectivity index (χ3v) is 3.18. The van der Waals surface area contributed by atoms with Crippen LogP contribution in [0.5, 0.6) is 11.5 Å². The smallest absolute Gasteiger partial charge is 0.255 e. The van der Waals surface area contributed by atoms with Gasteiger partial charge in [0.15, 0.2) is 12.4 Å². The monoisotopic (exact) mass is 313 g/mol. The topological polar surface area (TPSA) is 78.6 Å². The van der Waals surface area contributed by atoms with Crippen molar-refractivity contribution in [2.75, 3.05) is 6.61 Å². The van der Waals surface area contributed by atoms with Crippen LogP contribution in [0, 0.1) is 0 Å². The second-order valence-electron chi connectivity index (χ2n) is 4.99. The van der Waals surface area contributed by atoms with Crippen molar-refractivity contribution < 1.29 is 19.1 Å². The summed E-state index contributed by atoms with van der Waals surface area (Å²) in [6.45, 7) is 2.03. The zero-order valence-electron chi connectivity index (χ0n) is 13.0. The standard InChI is InChI=1S/C18H19NO4/c1-2-17(20)14-6-8-15(9-7-14)22-11-13-4-3-5-16(10-13)23-12-18(19)21/h3-10H,2,11-12H2,1H3,(H2,19,21). The quantitative estimate of drug-likeness (QED) is 0.760. The van der Waals surface area contributed by atoms with Crippen LogP contribution < -0.4 is 15.2 Å². The Bertz CT molecular complexity index is 680. The van der Waals surface area contributed by atoms with Crippen molar-refractivity contribution in [1.82, 2.24) is 0 Å². The van der Waals surface area contributed by atoms with Gasteiger partial charge >= 0.3 is 0 Å². The number of benzene rings is 2. The van der Waals surface area contributed by atoms with Gasteiger partial charge in [0.1, 0.15) is 18.1 Å². The van der Waals surface area contributed by atoms with E-state index in [-0.39, 0.29) is 12.4 Å². The fourth-order valence-electron chi connectivity index (χ4n) is 1.99. The number of Topliss-reactive ketones (excluding diaryl/α,β-unsaturated/α-hetero) is 1. The van der Waals surface area contributed by atoms with Gasteiger partial charge in [-0.3, -0.25) is 9.59 Å². The lowest BCUT2D eigenvalue weighted by atomic mass is 10.1. The van der Waals surface area contributed by atoms with Gasteiger partial charge in [-0.15, -0.1) is 0 Å². The molecule has 0 aliphatic heterocycles. The summed E-state index contributed by atoms with van der Waals surface area (Å²) in [5, 5.41) is 0. The predicted molar refractivity (Wildman–Crippen MR) is 86.5 cm³/mol. The summed E-state index contributed by atoms with van der Waals surface area (Å²) < 4.78 is 10.9. The van der Waals surface area contributed by atoms with E-state index in [0.717, 1.165) is 5.56 Å². The summed E-state index contributed by atoms with van der Waals surface area (Å²) in [5.74, 6) is 0.833. The third kappa shape index (κ3) is 5.14. The first-order valence-corrected chi connectivity index (χ1v) is 7.34. The fourth-order valence-corrected chi connectivity index (χ4v) is 1.99. The van der Waals surface area contributed by atoms with Crippen molar-refractivity contribution in [3.63, 3.8) is 0 Å². The van der Waals surface area contributed by atoms with Crippen molar-refractivity contribution >= 4 is 11.7 Å². The average molecular weight is 313 g/mol. The first kappa shape index (κ1) is 16.5. The molecule has 0 aliphatic carbocycles. The summed E-state index contributed by atoms with van der Waals surface area (Å²) in [7, 11) is 0. The Morgan fingerprint density at radius 3 is 2.39 bits per heavy atom. The molecule has 0 spiro atoms. The summed E-state index contributed by atoms with van der Waals surface area (Å²) in [6, 6.07) is 14.3. The fraction of sp³-hybridized carbons (Fsp3) is 0.222. The van der Waals surface area contributed by atoms with Gasteiger partial charge in [0, 0.05) is 12.0 Å². The molecule has 0 fully saturated rings. The molecule has 5 nitrogen and oxygen atoms in total. The van der Waals surface area contributed by atoms with Gasteiger partial charge < -0.3 is 15.2 Å². The molecule has 2 rings (SSSR count). The van der Waals surface area contributed by atoms with E-state index in [4.69, 9.17) is 15.2 Å². The normalized spacial score (nSPS) is 10.1. The molecule has 0 saturated carbocycles. The Morgan fingerprint density at radius 2 is 1.74 bits per heavy atom. The van der Waals surface area contributed by atoms with Crippen molar-refractivity contribution in [2.24, 2.45) is 5.73 Å². The molecule has 0 aromatic heterocycles. The number of rotatable bonds is 8. The Morgan fingerprint density at radius 1 is 1.00 bits per heavy atom. The van der Waals surface area contributed by atoms with E-state index in [1.807, 2.05) is 19.1 Å². The average Bonchev–Trinajstić information content (AvgIpc) is 2.58. The van der Waals surface area contributed by atoms with Crippen LogP contribution in [-0.2, 0) is 11.4 Å². The number of hydrogen-bond acceptors (Lipinski definition) is 4. The summed E-state index contributed by atoms with van der Waals surface area (Å²) in [6.07, 6.45) is 0.484. The second kappa shape index (κ2) is 7.98. The van der Waals surface area contributed by atoms with Crippen LogP contribution in [0.1, 0.15) is 29.3 Å². The van der Waals surface area contributed by atoms with E-state index in [1.54, 1.807) is 36.4 Å². The maximum absolute atomic E-state index is 11.6. The highest BCUT2D eigenvalue weighted by Crippen LogP contribution is 2.18. The lowest BCUT2D eigenvalue weighted by Gasteiger charge is -2.09. The van der Waals surface area contributed by atoms with Crippen LogP contribution in [0.25, 0.3) is 0 Å². The summed E-state index contributed by atoms with van der Waals surface area (Å²) in [4.78, 5) is 22.3. The Kier molecular flexibility index (Phi) is 5.74. The molecule has 0 radical (unpaired) electrons. The molecule has 0 atom stereocenters. The minimum Gasteiger partial charge on any atom is -0.489 e. The SMILES string of the molecule is CCC(=O)c1ccc(OCc2cccc(OCC(N)=O)c2)cc1. The number of primary amides is 1. The minimum atomic E-state index is -0.520. The van der Waals surface area contributed by atoms with E-state index in [0.29, 0.717) is 30.1 Å². The highest BCUT2D eigenvalue weighted by Gasteiger charge is 2.04. The number of amides is 1. The largest absolute Gasteiger partial charge is 0.489 e. The molecule has 1 amide bonds. The van der Waals surface area contributed by atoms with E-state index in [9.17, 15) is 9.59 Å². The highest BCUT2D eigenvalue weighted by atomic mass is 16.5. The molecular weight excluding hydrogens is 294 g/mol. The van der Waals surface area contributed by atoms with Crippen molar-refractivity contribution in [3.05, 3.63) is 59.7 Å². The molecule has 120 valence electrons. The molecule has 0 bridgehead atoms. The Hall–Kier alpha value is -2.82. The highest BCUT2D eigenvalue weighted by molar-refractivity contribution is 5.95. The van der Waals surface area contributed by atoms with Crippen LogP contribution in [0.4, 0.5) is 0 Å². The van der Waals surface area contributed by atoms with Crippen LogP contribution >= 0.6 is 0 Å². The molecular formula is C18H19NO4. The molecule has 5 heteroatoms. The van der Waals surface area contributed by atoms with Gasteiger partial charge in [-0.05, 0) is 42.0 Å². The van der Waals surface area contributed by atoms with Crippen LogP contribution in [-0.4, -0.2) is 18.3 Å². The van der Waals surface area contributed by atoms with Gasteiger partial charge in [0.2, 0.25) is 0 Å². The van der Waals surface area contributed by atoms with Crippen molar-refractivity contribution in [2.45, 2.75) is 20.0 Å². The van der Waals surface area contributed by atoms with Crippen molar-refractivity contribution in [3.8, 4) is 11.5 Å². The number of nitrogens with two attached hydrogens (primary N) is 1. The van der Waals surface area contributed by atoms with Gasteiger partial charge in [-0.2, -0.15) is 0 Å². The first-order valence-electron chi connectivity index (χ1n) is 7.34. The number of ether oxygens (including phenoxy) is 2. The molecule has 0 saturated heterocycles. The molecule has 2 N–H and O–H groups in total. The number of carbonyl (C=O) groups excluding carboxylic acids is 2. The minimum absolute atomic E-state index is 0.107. The van der Waals surface area contributed by atoms with E-state index < -0.39 is 5.91 Å². The lowest BCUT2D eigenvalue weighted by molar-refractivity contribution is -0.119. The van der Waals surface area contributed by atoms with Crippen molar-refractivity contribution in [1.29, 1.82) is 0 Å². The molecule has 2 aromatic rings. The lowest BCUT2D eigenvalue weighted by Crippen LogP contribution is -2.20. The molecule has 23 heavy (non-hydrogen) atoms. The molecule has 0 aliphatic rings. The Labute approximate surface area is 135 Å². The molecule has 0 unspecified atom stereocenters. The number of hydrogen-bond donors (Lipinski definition) is 1. The van der Waals surface area contributed by atoms with Crippen LogP contribution in [0.2, 0.25) is 0 Å². The maximum atomic E-state index is 11.6.